The van der Waals surface area contributed by atoms with E-state index in [1.165, 1.54) is 17.3 Å². The van der Waals surface area contributed by atoms with Gasteiger partial charge in [0.2, 0.25) is 0 Å². The number of urea groups is 1. The fourth-order valence-corrected chi connectivity index (χ4v) is 3.52. The zero-order chi connectivity index (χ0) is 17.9. The molecular formula is C16H19Cl2N5O2. The van der Waals surface area contributed by atoms with E-state index in [0.29, 0.717) is 15.6 Å². The summed E-state index contributed by atoms with van der Waals surface area (Å²) in [4.78, 5) is 17.9. The van der Waals surface area contributed by atoms with Crippen LogP contribution in [0.1, 0.15) is 18.4 Å². The highest BCUT2D eigenvalue weighted by molar-refractivity contribution is 6.35. The van der Waals surface area contributed by atoms with Crippen molar-refractivity contribution in [3.63, 3.8) is 0 Å². The molecule has 0 bridgehead atoms. The standard InChI is InChI=1S/C16H19Cl2N5O2/c17-12-3-4-13(14(18)7-12)16(25,9-23-11-19-10-21-23)8-20-15(24)22-5-1-2-6-22/h3-4,7,10-11,25H,1-2,5-6,8-9H2,(H,20,24). The van der Waals surface area contributed by atoms with Gasteiger partial charge < -0.3 is 15.3 Å². The van der Waals surface area contributed by atoms with Crippen LogP contribution < -0.4 is 5.32 Å². The van der Waals surface area contributed by atoms with Crippen LogP contribution in [0.3, 0.4) is 0 Å². The molecule has 1 saturated heterocycles. The van der Waals surface area contributed by atoms with Crippen LogP contribution in [-0.2, 0) is 12.1 Å². The first-order valence-corrected chi connectivity index (χ1v) is 8.77. The molecule has 2 N–H and O–H groups in total. The van der Waals surface area contributed by atoms with E-state index in [9.17, 15) is 9.90 Å². The molecule has 0 saturated carbocycles. The quantitative estimate of drug-likeness (QED) is 0.829. The molecule has 0 radical (unpaired) electrons. The number of aromatic nitrogens is 3. The van der Waals surface area contributed by atoms with Crippen LogP contribution in [0.4, 0.5) is 4.79 Å². The van der Waals surface area contributed by atoms with Gasteiger partial charge in [-0.15, -0.1) is 0 Å². The minimum atomic E-state index is -1.45. The Morgan fingerprint density at radius 3 is 2.72 bits per heavy atom. The van der Waals surface area contributed by atoms with E-state index < -0.39 is 5.60 Å². The van der Waals surface area contributed by atoms with Crippen molar-refractivity contribution in [3.05, 3.63) is 46.5 Å². The molecule has 0 aliphatic carbocycles. The molecule has 2 heterocycles. The molecule has 1 aromatic carbocycles. The maximum Gasteiger partial charge on any atom is 0.317 e. The highest BCUT2D eigenvalue weighted by Gasteiger charge is 2.34. The number of nitrogens with one attached hydrogen (secondary N) is 1. The molecule has 25 heavy (non-hydrogen) atoms. The molecule has 2 aromatic rings. The van der Waals surface area contributed by atoms with E-state index in [2.05, 4.69) is 15.4 Å². The van der Waals surface area contributed by atoms with E-state index in [-0.39, 0.29) is 19.1 Å². The molecule has 1 aromatic heterocycles. The minimum absolute atomic E-state index is 0.0104. The van der Waals surface area contributed by atoms with Crippen molar-refractivity contribution in [2.75, 3.05) is 19.6 Å². The van der Waals surface area contributed by atoms with Gasteiger partial charge >= 0.3 is 6.03 Å². The highest BCUT2D eigenvalue weighted by Crippen LogP contribution is 2.31. The van der Waals surface area contributed by atoms with Crippen molar-refractivity contribution in [1.29, 1.82) is 0 Å². The van der Waals surface area contributed by atoms with Crippen LogP contribution in [0.2, 0.25) is 10.0 Å². The Balaban J connectivity index is 1.81. The predicted molar refractivity (Wildman–Crippen MR) is 94.6 cm³/mol. The van der Waals surface area contributed by atoms with E-state index in [4.69, 9.17) is 23.2 Å². The molecular weight excluding hydrogens is 365 g/mol. The molecule has 7 nitrogen and oxygen atoms in total. The van der Waals surface area contributed by atoms with Crippen molar-refractivity contribution in [2.24, 2.45) is 0 Å². The molecule has 3 rings (SSSR count). The van der Waals surface area contributed by atoms with Gasteiger partial charge in [0.05, 0.1) is 13.1 Å². The van der Waals surface area contributed by atoms with Crippen molar-refractivity contribution < 1.29 is 9.90 Å². The molecule has 1 unspecified atom stereocenters. The number of amides is 2. The lowest BCUT2D eigenvalue weighted by Crippen LogP contribution is -2.47. The van der Waals surface area contributed by atoms with Crippen LogP contribution in [-0.4, -0.2) is 50.4 Å². The number of rotatable bonds is 5. The Morgan fingerprint density at radius 2 is 2.08 bits per heavy atom. The summed E-state index contributed by atoms with van der Waals surface area (Å²) in [6, 6.07) is 4.67. The van der Waals surface area contributed by atoms with Crippen molar-refractivity contribution in [1.82, 2.24) is 25.0 Å². The molecule has 134 valence electrons. The Labute approximate surface area is 155 Å². The summed E-state index contributed by atoms with van der Waals surface area (Å²) in [5.74, 6) is 0. The Bertz CT molecular complexity index is 734. The van der Waals surface area contributed by atoms with Gasteiger partial charge in [-0.1, -0.05) is 29.3 Å². The summed E-state index contributed by atoms with van der Waals surface area (Å²) >= 11 is 12.2. The zero-order valence-electron chi connectivity index (χ0n) is 13.5. The van der Waals surface area contributed by atoms with E-state index in [1.807, 2.05) is 0 Å². The molecule has 0 spiro atoms. The van der Waals surface area contributed by atoms with E-state index in [1.54, 1.807) is 23.1 Å². The molecule has 1 aliphatic heterocycles. The van der Waals surface area contributed by atoms with Gasteiger partial charge in [0.1, 0.15) is 18.3 Å². The number of halogens is 2. The number of carbonyl (C=O) groups excluding carboxylic acids is 1. The fourth-order valence-electron chi connectivity index (χ4n) is 2.94. The third-order valence-electron chi connectivity index (χ3n) is 4.25. The second-order valence-corrected chi connectivity index (χ2v) is 6.95. The first kappa shape index (κ1) is 18.0. The molecule has 1 atom stereocenters. The van der Waals surface area contributed by atoms with Crippen LogP contribution >= 0.6 is 23.2 Å². The number of hydrogen-bond donors (Lipinski definition) is 2. The topological polar surface area (TPSA) is 83.3 Å². The lowest BCUT2D eigenvalue weighted by Gasteiger charge is -2.30. The summed E-state index contributed by atoms with van der Waals surface area (Å²) in [5.41, 5.74) is -0.985. The van der Waals surface area contributed by atoms with Crippen LogP contribution in [0, 0.1) is 0 Å². The SMILES string of the molecule is O=C(NCC(O)(Cn1cncn1)c1ccc(Cl)cc1Cl)N1CCCC1. The van der Waals surface area contributed by atoms with Gasteiger partial charge in [-0.3, -0.25) is 0 Å². The van der Waals surface area contributed by atoms with Gasteiger partial charge in [0, 0.05) is 28.7 Å². The minimum Gasteiger partial charge on any atom is -0.381 e. The molecule has 1 fully saturated rings. The van der Waals surface area contributed by atoms with Crippen molar-refractivity contribution in [3.8, 4) is 0 Å². The zero-order valence-corrected chi connectivity index (χ0v) is 15.0. The number of nitrogens with zero attached hydrogens (tertiary/aromatic N) is 4. The van der Waals surface area contributed by atoms with Crippen LogP contribution in [0.5, 0.6) is 0 Å². The lowest BCUT2D eigenvalue weighted by atomic mass is 9.93. The Hall–Kier alpha value is -1.83. The Kier molecular flexibility index (Phi) is 5.46. The van der Waals surface area contributed by atoms with Crippen LogP contribution in [0.15, 0.2) is 30.9 Å². The summed E-state index contributed by atoms with van der Waals surface area (Å²) < 4.78 is 1.49. The molecule has 9 heteroatoms. The van der Waals surface area contributed by atoms with Gasteiger partial charge in [-0.2, -0.15) is 5.10 Å². The summed E-state index contributed by atoms with van der Waals surface area (Å²) in [5, 5.41) is 18.9. The monoisotopic (exact) mass is 383 g/mol. The number of benzene rings is 1. The second-order valence-electron chi connectivity index (χ2n) is 6.10. The first-order chi connectivity index (χ1) is 12.0. The predicted octanol–water partition coefficient (Wildman–Crippen LogP) is 2.28. The number of hydrogen-bond acceptors (Lipinski definition) is 4. The van der Waals surface area contributed by atoms with Gasteiger partial charge in [0.15, 0.2) is 0 Å². The second kappa shape index (κ2) is 7.59. The van der Waals surface area contributed by atoms with Gasteiger partial charge in [-0.25, -0.2) is 14.5 Å². The van der Waals surface area contributed by atoms with Crippen LogP contribution in [0.25, 0.3) is 0 Å². The van der Waals surface area contributed by atoms with Gasteiger partial charge in [0.25, 0.3) is 0 Å². The first-order valence-electron chi connectivity index (χ1n) is 8.01. The average Bonchev–Trinajstić information content (AvgIpc) is 3.26. The van der Waals surface area contributed by atoms with Crippen molar-refractivity contribution in [2.45, 2.75) is 25.0 Å². The summed E-state index contributed by atoms with van der Waals surface area (Å²) in [6.45, 7) is 1.54. The third kappa shape index (κ3) is 4.23. The molecule has 2 amide bonds. The maximum atomic E-state index is 12.3. The Morgan fingerprint density at radius 1 is 1.32 bits per heavy atom. The number of likely N-dealkylation sites (tertiary alicyclic amines) is 1. The maximum absolute atomic E-state index is 12.3. The normalized spacial score (nSPS) is 16.7. The molecule has 1 aliphatic rings. The summed E-state index contributed by atoms with van der Waals surface area (Å²) in [7, 11) is 0. The lowest BCUT2D eigenvalue weighted by molar-refractivity contribution is 0.0169. The van der Waals surface area contributed by atoms with E-state index >= 15 is 0 Å². The number of aliphatic hydroxyl groups is 1. The van der Waals surface area contributed by atoms with E-state index in [0.717, 1.165) is 25.9 Å². The summed E-state index contributed by atoms with van der Waals surface area (Å²) in [6.07, 6.45) is 4.88. The largest absolute Gasteiger partial charge is 0.381 e. The number of carbonyl (C=O) groups is 1. The van der Waals surface area contributed by atoms with Gasteiger partial charge in [-0.05, 0) is 25.0 Å². The van der Waals surface area contributed by atoms with Crippen molar-refractivity contribution >= 4 is 29.2 Å². The smallest absolute Gasteiger partial charge is 0.317 e. The fraction of sp³-hybridized carbons (Fsp3) is 0.438. The third-order valence-corrected chi connectivity index (χ3v) is 4.80. The average molecular weight is 384 g/mol. The highest BCUT2D eigenvalue weighted by atomic mass is 35.5.